The third-order valence-electron chi connectivity index (χ3n) is 3.80. The van der Waals surface area contributed by atoms with Crippen molar-refractivity contribution in [1.29, 1.82) is 0 Å². The lowest BCUT2D eigenvalue weighted by Crippen LogP contribution is -2.44. The molecular weight excluding hydrogens is 241 g/mol. The number of pyridine rings is 1. The van der Waals surface area contributed by atoms with E-state index in [0.29, 0.717) is 17.6 Å². The summed E-state index contributed by atoms with van der Waals surface area (Å²) in [6, 6.07) is 3.51. The molecule has 1 N–H and O–H groups in total. The van der Waals surface area contributed by atoms with Crippen LogP contribution in [0.4, 0.5) is 0 Å². The molecule has 0 aromatic carbocycles. The molecule has 1 aliphatic rings. The first-order chi connectivity index (χ1) is 8.77. The number of H-pyrrole nitrogens is 1. The van der Waals surface area contributed by atoms with Crippen LogP contribution >= 0.6 is 0 Å². The molecule has 0 saturated carbocycles. The number of aromatic amines is 1. The van der Waals surface area contributed by atoms with Crippen molar-refractivity contribution in [2.24, 2.45) is 0 Å². The van der Waals surface area contributed by atoms with Crippen LogP contribution in [0.5, 0.6) is 0 Å². The highest BCUT2D eigenvalue weighted by Crippen LogP contribution is 2.36. The Bertz CT molecular complexity index is 567. The predicted molar refractivity (Wildman–Crippen MR) is 75.3 cm³/mol. The van der Waals surface area contributed by atoms with E-state index in [1.807, 2.05) is 27.7 Å². The first-order valence-electron chi connectivity index (χ1n) is 6.28. The third kappa shape index (κ3) is 2.47. The summed E-state index contributed by atoms with van der Waals surface area (Å²) in [7, 11) is -0.645. The quantitative estimate of drug-likeness (QED) is 0.632. The van der Waals surface area contributed by atoms with E-state index in [0.717, 1.165) is 0 Å². The normalized spacial score (nSPS) is 20.3. The van der Waals surface area contributed by atoms with Gasteiger partial charge in [-0.2, -0.15) is 0 Å². The van der Waals surface area contributed by atoms with Gasteiger partial charge in [0.05, 0.1) is 11.2 Å². The predicted octanol–water partition coefficient (Wildman–Crippen LogP) is 0.850. The van der Waals surface area contributed by atoms with E-state index >= 15 is 0 Å². The van der Waals surface area contributed by atoms with E-state index in [9.17, 15) is 4.79 Å². The molecule has 0 unspecified atom stereocenters. The lowest BCUT2D eigenvalue weighted by Gasteiger charge is -2.32. The second-order valence-electron chi connectivity index (χ2n) is 5.74. The first kappa shape index (κ1) is 13.9. The summed E-state index contributed by atoms with van der Waals surface area (Å²) in [5.41, 5.74) is 0.0573. The Kier molecular flexibility index (Phi) is 3.33. The summed E-state index contributed by atoms with van der Waals surface area (Å²) in [6.45, 7) is 7.81. The van der Waals surface area contributed by atoms with Crippen molar-refractivity contribution in [2.75, 3.05) is 0 Å². The molecule has 0 amide bonds. The van der Waals surface area contributed by atoms with Crippen molar-refractivity contribution >= 4 is 12.6 Å². The van der Waals surface area contributed by atoms with Gasteiger partial charge in [-0.25, -0.2) is 0 Å². The standard InChI is InChI=1S/C14H18BNO3/c1-6-7-10-8-9-11(12(17)16-10)15-18-13(2,3)14(4,5)19-15/h1,8-9H,7H2,2-5H3,(H,16,17). The van der Waals surface area contributed by atoms with Crippen LogP contribution in [0, 0.1) is 12.3 Å². The number of hydrogen-bond donors (Lipinski definition) is 1. The molecule has 2 rings (SSSR count). The van der Waals surface area contributed by atoms with Crippen LogP contribution in [0.2, 0.25) is 0 Å². The zero-order chi connectivity index (χ0) is 14.3. The van der Waals surface area contributed by atoms with Gasteiger partial charge >= 0.3 is 7.12 Å². The Hall–Kier alpha value is -1.51. The monoisotopic (exact) mass is 259 g/mol. The zero-order valence-corrected chi connectivity index (χ0v) is 11.7. The second kappa shape index (κ2) is 4.55. The summed E-state index contributed by atoms with van der Waals surface area (Å²) in [5.74, 6) is 2.49. The summed E-state index contributed by atoms with van der Waals surface area (Å²) in [6.07, 6.45) is 5.62. The van der Waals surface area contributed by atoms with E-state index in [2.05, 4.69) is 10.9 Å². The lowest BCUT2D eigenvalue weighted by atomic mass is 9.80. The van der Waals surface area contributed by atoms with Crippen molar-refractivity contribution < 1.29 is 9.31 Å². The highest BCUT2D eigenvalue weighted by atomic mass is 16.7. The van der Waals surface area contributed by atoms with E-state index < -0.39 is 18.3 Å². The fourth-order valence-corrected chi connectivity index (χ4v) is 1.89. The van der Waals surface area contributed by atoms with Gasteiger partial charge in [0, 0.05) is 17.6 Å². The van der Waals surface area contributed by atoms with Crippen LogP contribution in [-0.2, 0) is 15.7 Å². The van der Waals surface area contributed by atoms with E-state index in [1.165, 1.54) is 0 Å². The first-order valence-corrected chi connectivity index (χ1v) is 6.28. The van der Waals surface area contributed by atoms with Gasteiger partial charge in [-0.05, 0) is 33.8 Å². The zero-order valence-electron chi connectivity index (χ0n) is 11.7. The molecule has 0 spiro atoms. The minimum absolute atomic E-state index is 0.216. The SMILES string of the molecule is C#CCc1ccc(B2OC(C)(C)C(C)(C)O2)c(=O)[nH]1. The van der Waals surface area contributed by atoms with Crippen LogP contribution in [0.25, 0.3) is 0 Å². The average Bonchev–Trinajstić information content (AvgIpc) is 2.48. The highest BCUT2D eigenvalue weighted by molar-refractivity contribution is 6.61. The molecule has 2 heterocycles. The maximum absolute atomic E-state index is 12.0. The molecule has 1 fully saturated rings. The average molecular weight is 259 g/mol. The number of rotatable bonds is 2. The minimum atomic E-state index is -0.645. The minimum Gasteiger partial charge on any atom is -0.399 e. The number of terminal acetylenes is 1. The second-order valence-corrected chi connectivity index (χ2v) is 5.74. The van der Waals surface area contributed by atoms with Gasteiger partial charge in [-0.3, -0.25) is 4.79 Å². The van der Waals surface area contributed by atoms with E-state index in [-0.39, 0.29) is 5.56 Å². The van der Waals surface area contributed by atoms with E-state index in [4.69, 9.17) is 15.7 Å². The fraction of sp³-hybridized carbons (Fsp3) is 0.500. The molecule has 1 aromatic heterocycles. The van der Waals surface area contributed by atoms with Gasteiger partial charge in [0.15, 0.2) is 0 Å². The molecule has 1 aromatic rings. The summed E-state index contributed by atoms with van der Waals surface area (Å²) < 4.78 is 11.7. The Balaban J connectivity index is 2.31. The summed E-state index contributed by atoms with van der Waals surface area (Å²) in [4.78, 5) is 14.8. The maximum Gasteiger partial charge on any atom is 0.500 e. The molecule has 100 valence electrons. The van der Waals surface area contributed by atoms with Gasteiger partial charge in [-0.1, -0.05) is 6.07 Å². The molecule has 0 atom stereocenters. The lowest BCUT2D eigenvalue weighted by molar-refractivity contribution is 0.00578. The molecule has 0 bridgehead atoms. The molecule has 5 heteroatoms. The van der Waals surface area contributed by atoms with Crippen LogP contribution in [0.3, 0.4) is 0 Å². The Morgan fingerprint density at radius 3 is 2.32 bits per heavy atom. The highest BCUT2D eigenvalue weighted by Gasteiger charge is 2.52. The smallest absolute Gasteiger partial charge is 0.399 e. The van der Waals surface area contributed by atoms with Crippen molar-refractivity contribution in [3.63, 3.8) is 0 Å². The molecule has 0 aliphatic carbocycles. The molecule has 1 saturated heterocycles. The van der Waals surface area contributed by atoms with Crippen LogP contribution in [0.1, 0.15) is 33.4 Å². The summed E-state index contributed by atoms with van der Waals surface area (Å²) in [5, 5.41) is 0. The molecule has 4 nitrogen and oxygen atoms in total. The molecule has 1 aliphatic heterocycles. The van der Waals surface area contributed by atoms with Crippen LogP contribution < -0.4 is 11.0 Å². The fourth-order valence-electron chi connectivity index (χ4n) is 1.89. The summed E-state index contributed by atoms with van der Waals surface area (Å²) >= 11 is 0. The third-order valence-corrected chi connectivity index (χ3v) is 3.80. The van der Waals surface area contributed by atoms with Crippen molar-refractivity contribution in [3.8, 4) is 12.3 Å². The van der Waals surface area contributed by atoms with Crippen molar-refractivity contribution in [2.45, 2.75) is 45.3 Å². The number of nitrogens with one attached hydrogen (secondary N) is 1. The van der Waals surface area contributed by atoms with Gasteiger partial charge < -0.3 is 14.3 Å². The molecular formula is C14H18BNO3. The van der Waals surface area contributed by atoms with Gasteiger partial charge in [-0.15, -0.1) is 12.3 Å². The number of aromatic nitrogens is 1. The Morgan fingerprint density at radius 1 is 1.26 bits per heavy atom. The van der Waals surface area contributed by atoms with Crippen LogP contribution in [0.15, 0.2) is 16.9 Å². The topological polar surface area (TPSA) is 51.3 Å². The van der Waals surface area contributed by atoms with Gasteiger partial charge in [0.25, 0.3) is 0 Å². The Morgan fingerprint density at radius 2 is 1.84 bits per heavy atom. The van der Waals surface area contributed by atoms with Gasteiger partial charge in [0.2, 0.25) is 5.56 Å². The van der Waals surface area contributed by atoms with E-state index in [1.54, 1.807) is 12.1 Å². The van der Waals surface area contributed by atoms with Gasteiger partial charge in [0.1, 0.15) is 0 Å². The molecule has 0 radical (unpaired) electrons. The molecule has 19 heavy (non-hydrogen) atoms. The Labute approximate surface area is 113 Å². The number of hydrogen-bond acceptors (Lipinski definition) is 3. The van der Waals surface area contributed by atoms with Crippen molar-refractivity contribution in [3.05, 3.63) is 28.2 Å². The van der Waals surface area contributed by atoms with Crippen molar-refractivity contribution in [1.82, 2.24) is 4.98 Å². The largest absolute Gasteiger partial charge is 0.500 e. The van der Waals surface area contributed by atoms with Crippen LogP contribution in [-0.4, -0.2) is 23.3 Å². The maximum atomic E-state index is 12.0.